The summed E-state index contributed by atoms with van der Waals surface area (Å²) in [7, 11) is 0. The van der Waals surface area contributed by atoms with Crippen LogP contribution in [0, 0.1) is 17.1 Å². The zero-order valence-corrected chi connectivity index (χ0v) is 11.3. The lowest BCUT2D eigenvalue weighted by molar-refractivity contribution is -0.0328. The number of allylic oxidation sites excluding steroid dienone is 1. The Balaban J connectivity index is 2.15. The SMILES string of the molecule is N#CC(=CNc1ccc(SC(F)(F)F)cc1F)c1nn[nH]n1. The highest BCUT2D eigenvalue weighted by Crippen LogP contribution is 2.37. The Morgan fingerprint density at radius 3 is 2.73 bits per heavy atom. The fourth-order valence-electron chi connectivity index (χ4n) is 1.38. The maximum atomic E-state index is 13.7. The van der Waals surface area contributed by atoms with Crippen LogP contribution in [0.1, 0.15) is 5.82 Å². The summed E-state index contributed by atoms with van der Waals surface area (Å²) >= 11 is -0.417. The first-order valence-corrected chi connectivity index (χ1v) is 6.36. The Kier molecular flexibility index (Phi) is 4.62. The van der Waals surface area contributed by atoms with Crippen molar-refractivity contribution in [1.82, 2.24) is 20.6 Å². The zero-order valence-electron chi connectivity index (χ0n) is 10.5. The Bertz CT molecular complexity index is 719. The second kappa shape index (κ2) is 6.44. The molecule has 1 aromatic heterocycles. The Morgan fingerprint density at radius 2 is 2.18 bits per heavy atom. The zero-order chi connectivity index (χ0) is 16.2. The number of nitriles is 1. The van der Waals surface area contributed by atoms with Crippen LogP contribution in [0.3, 0.4) is 0 Å². The van der Waals surface area contributed by atoms with Gasteiger partial charge in [-0.2, -0.15) is 23.6 Å². The van der Waals surface area contributed by atoms with Gasteiger partial charge in [0.2, 0.25) is 5.82 Å². The lowest BCUT2D eigenvalue weighted by atomic mass is 10.3. The van der Waals surface area contributed by atoms with Crippen molar-refractivity contribution >= 4 is 23.0 Å². The molecule has 0 unspecified atom stereocenters. The second-order valence-electron chi connectivity index (χ2n) is 3.74. The number of aromatic amines is 1. The van der Waals surface area contributed by atoms with Crippen LogP contribution in [0.4, 0.5) is 23.2 Å². The number of anilines is 1. The number of nitrogens with one attached hydrogen (secondary N) is 2. The third-order valence-corrected chi connectivity index (χ3v) is 2.97. The van der Waals surface area contributed by atoms with E-state index in [9.17, 15) is 17.6 Å². The summed E-state index contributed by atoms with van der Waals surface area (Å²) < 4.78 is 50.3. The first-order chi connectivity index (χ1) is 10.4. The smallest absolute Gasteiger partial charge is 0.358 e. The number of hydrogen-bond acceptors (Lipinski definition) is 6. The van der Waals surface area contributed by atoms with Gasteiger partial charge < -0.3 is 5.32 Å². The number of nitrogens with zero attached hydrogens (tertiary/aromatic N) is 4. The van der Waals surface area contributed by atoms with E-state index in [2.05, 4.69) is 25.9 Å². The molecule has 0 aliphatic heterocycles. The molecule has 11 heteroatoms. The fourth-order valence-corrected chi connectivity index (χ4v) is 1.95. The predicted octanol–water partition coefficient (Wildman–Crippen LogP) is 2.93. The van der Waals surface area contributed by atoms with Crippen LogP contribution < -0.4 is 5.32 Å². The number of H-pyrrole nitrogens is 1. The van der Waals surface area contributed by atoms with Gasteiger partial charge in [-0.25, -0.2) is 4.39 Å². The number of halogens is 4. The van der Waals surface area contributed by atoms with Gasteiger partial charge in [-0.15, -0.1) is 10.2 Å². The predicted molar refractivity (Wildman–Crippen MR) is 69.7 cm³/mol. The van der Waals surface area contributed by atoms with Crippen molar-refractivity contribution in [3.8, 4) is 6.07 Å². The van der Waals surface area contributed by atoms with Gasteiger partial charge >= 0.3 is 5.51 Å². The molecule has 1 aromatic carbocycles. The van der Waals surface area contributed by atoms with Crippen molar-refractivity contribution < 1.29 is 17.6 Å². The largest absolute Gasteiger partial charge is 0.446 e. The third kappa shape index (κ3) is 4.19. The summed E-state index contributed by atoms with van der Waals surface area (Å²) in [6.45, 7) is 0. The minimum Gasteiger partial charge on any atom is -0.358 e. The van der Waals surface area contributed by atoms with Gasteiger partial charge in [0, 0.05) is 11.1 Å². The van der Waals surface area contributed by atoms with E-state index in [0.717, 1.165) is 24.4 Å². The molecule has 2 aromatic rings. The van der Waals surface area contributed by atoms with Crippen molar-refractivity contribution in [3.05, 3.63) is 36.0 Å². The van der Waals surface area contributed by atoms with E-state index in [-0.39, 0.29) is 22.0 Å². The standard InChI is InChI=1S/C11H6F4N6S/c12-8-3-7(22-11(13,14)15)1-2-9(8)17-5-6(4-16)10-18-20-21-19-10/h1-3,5,17H,(H,18,19,20,21). The van der Waals surface area contributed by atoms with Gasteiger partial charge in [0.15, 0.2) is 0 Å². The number of thioether (sulfide) groups is 1. The van der Waals surface area contributed by atoms with Gasteiger partial charge in [-0.3, -0.25) is 0 Å². The van der Waals surface area contributed by atoms with E-state index in [1.807, 2.05) is 0 Å². The van der Waals surface area contributed by atoms with Crippen LogP contribution >= 0.6 is 11.8 Å². The molecule has 114 valence electrons. The molecule has 6 nitrogen and oxygen atoms in total. The lowest BCUT2D eigenvalue weighted by Crippen LogP contribution is -2.00. The fraction of sp³-hybridized carbons (Fsp3) is 0.0909. The molecule has 0 bridgehead atoms. The molecule has 0 fully saturated rings. The molecule has 1 heterocycles. The summed E-state index contributed by atoms with van der Waals surface area (Å²) in [4.78, 5) is -0.279. The van der Waals surface area contributed by atoms with Crippen LogP contribution in [0.5, 0.6) is 0 Å². The number of aromatic nitrogens is 4. The molecule has 2 N–H and O–H groups in total. The van der Waals surface area contributed by atoms with Crippen molar-refractivity contribution in [2.75, 3.05) is 5.32 Å². The third-order valence-electron chi connectivity index (χ3n) is 2.25. The Morgan fingerprint density at radius 1 is 1.41 bits per heavy atom. The quantitative estimate of drug-likeness (QED) is 0.509. The van der Waals surface area contributed by atoms with Crippen molar-refractivity contribution in [3.63, 3.8) is 0 Å². The number of alkyl halides is 3. The monoisotopic (exact) mass is 330 g/mol. The summed E-state index contributed by atoms with van der Waals surface area (Å²) in [5, 5.41) is 24.0. The number of rotatable bonds is 4. The molecule has 0 saturated carbocycles. The van der Waals surface area contributed by atoms with Crippen molar-refractivity contribution in [1.29, 1.82) is 5.26 Å². The van der Waals surface area contributed by atoms with Crippen LogP contribution in [0.2, 0.25) is 0 Å². The van der Waals surface area contributed by atoms with Gasteiger partial charge in [0.05, 0.1) is 5.69 Å². The van der Waals surface area contributed by atoms with Crippen LogP contribution in [0.15, 0.2) is 29.3 Å². The maximum absolute atomic E-state index is 13.7. The van der Waals surface area contributed by atoms with E-state index < -0.39 is 23.1 Å². The minimum absolute atomic E-state index is 0.000319. The number of tetrazole rings is 1. The molecule has 0 saturated heterocycles. The van der Waals surface area contributed by atoms with E-state index in [1.54, 1.807) is 6.07 Å². The second-order valence-corrected chi connectivity index (χ2v) is 4.88. The average molecular weight is 330 g/mol. The molecule has 0 atom stereocenters. The Labute approximate surface area is 125 Å². The molecule has 0 amide bonds. The van der Waals surface area contributed by atoms with E-state index in [0.29, 0.717) is 0 Å². The minimum atomic E-state index is -4.49. The summed E-state index contributed by atoms with van der Waals surface area (Å²) in [5.41, 5.74) is -4.61. The highest BCUT2D eigenvalue weighted by molar-refractivity contribution is 8.00. The average Bonchev–Trinajstić information content (AvgIpc) is 2.94. The molecule has 0 aliphatic rings. The molecule has 0 radical (unpaired) electrons. The van der Waals surface area contributed by atoms with Crippen molar-refractivity contribution in [2.45, 2.75) is 10.4 Å². The van der Waals surface area contributed by atoms with Crippen LogP contribution in [-0.2, 0) is 0 Å². The van der Waals surface area contributed by atoms with Crippen LogP contribution in [-0.4, -0.2) is 26.1 Å². The summed E-state index contributed by atoms with van der Waals surface area (Å²) in [6, 6.07) is 4.76. The van der Waals surface area contributed by atoms with E-state index in [4.69, 9.17) is 5.26 Å². The van der Waals surface area contributed by atoms with Crippen LogP contribution in [0.25, 0.3) is 5.57 Å². The first-order valence-electron chi connectivity index (χ1n) is 5.55. The maximum Gasteiger partial charge on any atom is 0.446 e. The van der Waals surface area contributed by atoms with E-state index in [1.165, 1.54) is 0 Å². The summed E-state index contributed by atoms with van der Waals surface area (Å²) in [6.07, 6.45) is 1.12. The molecule has 0 spiro atoms. The molecular weight excluding hydrogens is 324 g/mol. The normalized spacial score (nSPS) is 12.0. The lowest BCUT2D eigenvalue weighted by Gasteiger charge is -2.08. The van der Waals surface area contributed by atoms with Crippen molar-refractivity contribution in [2.24, 2.45) is 0 Å². The topological polar surface area (TPSA) is 90.3 Å². The number of hydrogen-bond donors (Lipinski definition) is 2. The molecule has 2 rings (SSSR count). The molecule has 22 heavy (non-hydrogen) atoms. The van der Waals surface area contributed by atoms with Gasteiger partial charge in [0.1, 0.15) is 17.5 Å². The highest BCUT2D eigenvalue weighted by Gasteiger charge is 2.29. The summed E-state index contributed by atoms with van der Waals surface area (Å²) in [5.74, 6) is -0.893. The first kappa shape index (κ1) is 15.8. The van der Waals surface area contributed by atoms with Gasteiger partial charge in [-0.05, 0) is 35.2 Å². The highest BCUT2D eigenvalue weighted by atomic mass is 32.2. The van der Waals surface area contributed by atoms with E-state index >= 15 is 0 Å². The molecule has 0 aliphatic carbocycles. The Hall–Kier alpha value is -2.61. The van der Waals surface area contributed by atoms with Gasteiger partial charge in [0.25, 0.3) is 0 Å². The van der Waals surface area contributed by atoms with Gasteiger partial charge in [-0.1, -0.05) is 0 Å². The molecular formula is C11H6F4N6S. The number of benzene rings is 1.